The topological polar surface area (TPSA) is 108 Å². The first kappa shape index (κ1) is 30.4. The summed E-state index contributed by atoms with van der Waals surface area (Å²) in [6.07, 6.45) is 1.52. The third kappa shape index (κ3) is 5.41. The van der Waals surface area contributed by atoms with Gasteiger partial charge in [-0.3, -0.25) is 9.36 Å². The highest BCUT2D eigenvalue weighted by Crippen LogP contribution is 2.44. The first-order valence-electron chi connectivity index (χ1n) is 12.3. The average Bonchev–Trinajstić information content (AvgIpc) is 3.26. The average molecular weight is 682 g/mol. The highest BCUT2D eigenvalue weighted by atomic mass is 35.5. The van der Waals surface area contributed by atoms with Crippen molar-refractivity contribution in [2.75, 3.05) is 6.61 Å². The fraction of sp³-hybridized carbons (Fsp3) is 0.103. The molecule has 3 aromatic carbocycles. The third-order valence-corrected chi connectivity index (χ3v) is 10.6. The number of allylic oxidation sites excluding steroid dienone is 1. The number of hydrogen-bond acceptors (Lipinski definition) is 7. The Morgan fingerprint density at radius 3 is 2.26 bits per heavy atom. The van der Waals surface area contributed by atoms with E-state index in [9.17, 15) is 18.0 Å². The Kier molecular flexibility index (Phi) is 8.63. The number of aromatic nitrogens is 1. The molecule has 0 bridgehead atoms. The number of fused-ring (bicyclic) bond motifs is 1. The second-order valence-electron chi connectivity index (χ2n) is 9.02. The number of carbonyl (C=O) groups excluding carboxylic acids is 1. The van der Waals surface area contributed by atoms with Crippen LogP contribution in [0.2, 0.25) is 20.1 Å². The Labute approximate surface area is 264 Å². The minimum absolute atomic E-state index is 0.0155. The lowest BCUT2D eigenvalue weighted by Gasteiger charge is -2.28. The van der Waals surface area contributed by atoms with Gasteiger partial charge in [0.25, 0.3) is 5.56 Å². The zero-order valence-electron chi connectivity index (χ0n) is 21.6. The summed E-state index contributed by atoms with van der Waals surface area (Å²) in [7, 11) is -4.40. The highest BCUT2D eigenvalue weighted by molar-refractivity contribution is 7.95. The van der Waals surface area contributed by atoms with Crippen LogP contribution in [0, 0.1) is 0 Å². The van der Waals surface area contributed by atoms with Crippen molar-refractivity contribution in [2.24, 2.45) is 5.73 Å². The van der Waals surface area contributed by atoms with E-state index in [1.807, 2.05) is 0 Å². The molecule has 7 nitrogen and oxygen atoms in total. The summed E-state index contributed by atoms with van der Waals surface area (Å²) in [5.41, 5.74) is 6.54. The number of halogens is 4. The summed E-state index contributed by atoms with van der Waals surface area (Å²) in [4.78, 5) is 27.0. The number of nitrogens with two attached hydrogens (primary N) is 1. The van der Waals surface area contributed by atoms with Gasteiger partial charge in [-0.15, -0.1) is 11.3 Å². The van der Waals surface area contributed by atoms with Gasteiger partial charge in [0, 0.05) is 20.1 Å². The Morgan fingerprint density at radius 1 is 1.00 bits per heavy atom. The fourth-order valence-corrected chi connectivity index (χ4v) is 8.45. The molecular formula is C29H20Cl4N2O5S2. The van der Waals surface area contributed by atoms with Gasteiger partial charge >= 0.3 is 5.97 Å². The fourth-order valence-electron chi connectivity index (χ4n) is 4.62. The van der Waals surface area contributed by atoms with Gasteiger partial charge in [0.2, 0.25) is 9.84 Å². The Balaban J connectivity index is 1.95. The lowest BCUT2D eigenvalue weighted by Crippen LogP contribution is -2.41. The summed E-state index contributed by atoms with van der Waals surface area (Å²) in [5, 5.41) is 1.08. The lowest BCUT2D eigenvalue weighted by atomic mass is 9.89. The molecule has 0 spiro atoms. The number of hydrogen-bond donors (Lipinski definition) is 1. The van der Waals surface area contributed by atoms with E-state index in [1.54, 1.807) is 37.3 Å². The molecule has 0 amide bonds. The van der Waals surface area contributed by atoms with Crippen LogP contribution in [0.4, 0.5) is 0 Å². The van der Waals surface area contributed by atoms with Gasteiger partial charge < -0.3 is 10.5 Å². The number of sulfone groups is 1. The largest absolute Gasteiger partial charge is 0.463 e. The zero-order valence-corrected chi connectivity index (χ0v) is 26.3. The summed E-state index contributed by atoms with van der Waals surface area (Å²) in [5.74, 6) is -2.54. The van der Waals surface area contributed by atoms with E-state index in [1.165, 1.54) is 42.5 Å². The van der Waals surface area contributed by atoms with Crippen LogP contribution in [0.5, 0.6) is 0 Å². The molecule has 1 aromatic heterocycles. The van der Waals surface area contributed by atoms with Crippen molar-refractivity contribution in [1.29, 1.82) is 0 Å². The summed E-state index contributed by atoms with van der Waals surface area (Å²) in [6.45, 7) is 1.60. The second-order valence-corrected chi connectivity index (χ2v) is 13.7. The van der Waals surface area contributed by atoms with E-state index in [2.05, 4.69) is 0 Å². The predicted octanol–water partition coefficient (Wildman–Crippen LogP) is 5.42. The molecule has 0 fully saturated rings. The van der Waals surface area contributed by atoms with E-state index in [-0.39, 0.29) is 47.7 Å². The second kappa shape index (κ2) is 11.9. The van der Waals surface area contributed by atoms with Crippen molar-refractivity contribution in [3.05, 3.63) is 122 Å². The minimum Gasteiger partial charge on any atom is -0.463 e. The van der Waals surface area contributed by atoms with Gasteiger partial charge in [0.05, 0.1) is 27.5 Å². The number of esters is 1. The van der Waals surface area contributed by atoms with Crippen LogP contribution in [0.25, 0.3) is 17.5 Å². The molecule has 1 aliphatic rings. The number of benzene rings is 3. The molecular weight excluding hydrogens is 662 g/mol. The molecule has 0 aliphatic carbocycles. The van der Waals surface area contributed by atoms with Crippen LogP contribution in [-0.2, 0) is 19.4 Å². The number of nitrogens with zero attached hydrogens (tertiary/aromatic N) is 1. The Hall–Kier alpha value is -3.05. The quantitative estimate of drug-likeness (QED) is 0.272. The maximum Gasteiger partial charge on any atom is 0.338 e. The van der Waals surface area contributed by atoms with Crippen LogP contribution < -0.4 is 20.5 Å². The molecule has 0 saturated carbocycles. The summed E-state index contributed by atoms with van der Waals surface area (Å²) < 4.78 is 35.2. The SMILES string of the molecule is CCOC(=O)C1=c2s/c(=C/c3ccc(Cl)cc3Cl)c(=O)n2C(N)=C(S(=O)(=O)c2ccccc2)[C@H]1c1ccc(Cl)cc1Cl. The number of thiazole rings is 1. The van der Waals surface area contributed by atoms with Crippen molar-refractivity contribution < 1.29 is 17.9 Å². The van der Waals surface area contributed by atoms with Crippen LogP contribution in [0.3, 0.4) is 0 Å². The van der Waals surface area contributed by atoms with E-state index in [4.69, 9.17) is 56.9 Å². The molecule has 1 aliphatic heterocycles. The molecule has 5 rings (SSSR count). The maximum atomic E-state index is 14.3. The molecule has 0 saturated heterocycles. The van der Waals surface area contributed by atoms with Gasteiger partial charge in [-0.1, -0.05) is 76.7 Å². The Morgan fingerprint density at radius 2 is 1.64 bits per heavy atom. The van der Waals surface area contributed by atoms with Crippen molar-refractivity contribution >= 4 is 91.0 Å². The normalized spacial score (nSPS) is 15.6. The van der Waals surface area contributed by atoms with Crippen molar-refractivity contribution in [3.8, 4) is 0 Å². The molecule has 216 valence electrons. The molecule has 0 radical (unpaired) electrons. The first-order chi connectivity index (χ1) is 19.9. The molecule has 0 unspecified atom stereocenters. The van der Waals surface area contributed by atoms with Gasteiger partial charge in [-0.2, -0.15) is 0 Å². The molecule has 13 heteroatoms. The maximum absolute atomic E-state index is 14.3. The summed E-state index contributed by atoms with van der Waals surface area (Å²) in [6, 6.07) is 16.8. The van der Waals surface area contributed by atoms with Crippen molar-refractivity contribution in [1.82, 2.24) is 4.57 Å². The van der Waals surface area contributed by atoms with Crippen LogP contribution in [-0.4, -0.2) is 25.6 Å². The predicted molar refractivity (Wildman–Crippen MR) is 168 cm³/mol. The zero-order chi connectivity index (χ0) is 30.3. The first-order valence-corrected chi connectivity index (χ1v) is 16.1. The van der Waals surface area contributed by atoms with Crippen LogP contribution in [0.1, 0.15) is 24.0 Å². The van der Waals surface area contributed by atoms with Crippen molar-refractivity contribution in [2.45, 2.75) is 17.7 Å². The minimum atomic E-state index is -4.40. The highest BCUT2D eigenvalue weighted by Gasteiger charge is 2.43. The van der Waals surface area contributed by atoms with E-state index >= 15 is 0 Å². The number of ether oxygens (including phenoxy) is 1. The molecule has 2 N–H and O–H groups in total. The molecule has 42 heavy (non-hydrogen) atoms. The summed E-state index contributed by atoms with van der Waals surface area (Å²) >= 11 is 26.1. The Bertz CT molecular complexity index is 2070. The number of carbonyl (C=O) groups is 1. The monoisotopic (exact) mass is 680 g/mol. The van der Waals surface area contributed by atoms with Gasteiger partial charge in [-0.25, -0.2) is 13.2 Å². The van der Waals surface area contributed by atoms with E-state index in [0.29, 0.717) is 15.6 Å². The van der Waals surface area contributed by atoms with Gasteiger partial charge in [0.15, 0.2) is 0 Å². The standard InChI is InChI=1S/C29H20Cl4N2O5S2/c1-2-40-29(37)24-23(19-11-10-17(31)14-21(19)33)25(42(38,39)18-6-4-3-5-7-18)26(34)35-27(36)22(41-28(24)35)12-15-8-9-16(30)13-20(15)32/h3-14,23H,2,34H2,1H3/b22-12+/t23-/m0/s1. The van der Waals surface area contributed by atoms with Gasteiger partial charge in [0.1, 0.15) is 15.4 Å². The lowest BCUT2D eigenvalue weighted by molar-refractivity contribution is -0.136. The van der Waals surface area contributed by atoms with Gasteiger partial charge in [-0.05, 0) is 60.5 Å². The van der Waals surface area contributed by atoms with Crippen LogP contribution in [0.15, 0.2) is 81.3 Å². The van der Waals surface area contributed by atoms with Crippen LogP contribution >= 0.6 is 57.7 Å². The third-order valence-electron chi connectivity index (χ3n) is 6.46. The van der Waals surface area contributed by atoms with Crippen molar-refractivity contribution in [3.63, 3.8) is 0 Å². The number of rotatable bonds is 6. The molecule has 1 atom stereocenters. The molecule has 2 heterocycles. The molecule has 4 aromatic rings. The van der Waals surface area contributed by atoms with E-state index in [0.717, 1.165) is 15.9 Å². The van der Waals surface area contributed by atoms with E-state index < -0.39 is 32.2 Å². The smallest absolute Gasteiger partial charge is 0.338 e.